The summed E-state index contributed by atoms with van der Waals surface area (Å²) in [5.41, 5.74) is 6.62. The lowest BCUT2D eigenvalue weighted by atomic mass is 9.89. The van der Waals surface area contributed by atoms with Gasteiger partial charge in [0.25, 0.3) is 0 Å². The Hall–Kier alpha value is -1.92. The highest BCUT2D eigenvalue weighted by Gasteiger charge is 2.44. The van der Waals surface area contributed by atoms with Gasteiger partial charge in [-0.05, 0) is 24.5 Å². The Kier molecular flexibility index (Phi) is 3.43. The van der Waals surface area contributed by atoms with Crippen molar-refractivity contribution in [2.75, 3.05) is 24.7 Å². The van der Waals surface area contributed by atoms with Crippen LogP contribution in [-0.2, 0) is 14.3 Å². The first kappa shape index (κ1) is 14.0. The molecule has 0 bridgehead atoms. The van der Waals surface area contributed by atoms with Crippen molar-refractivity contribution in [1.82, 2.24) is 0 Å². The molecule has 3 rings (SSSR count). The van der Waals surface area contributed by atoms with Gasteiger partial charge in [-0.25, -0.2) is 0 Å². The highest BCUT2D eigenvalue weighted by atomic mass is 16.5. The number of carboxylic acid groups (broad SMARTS) is 1. The summed E-state index contributed by atoms with van der Waals surface area (Å²) in [6.45, 7) is 1.06. The largest absolute Gasteiger partial charge is 0.481 e. The van der Waals surface area contributed by atoms with Crippen LogP contribution in [0.2, 0.25) is 0 Å². The molecule has 2 aliphatic heterocycles. The molecule has 3 N–H and O–H groups in total. The molecule has 1 amide bonds. The lowest BCUT2D eigenvalue weighted by Gasteiger charge is -2.35. The van der Waals surface area contributed by atoms with E-state index in [1.165, 1.54) is 4.90 Å². The monoisotopic (exact) mass is 290 g/mol. The van der Waals surface area contributed by atoms with E-state index in [2.05, 4.69) is 0 Å². The van der Waals surface area contributed by atoms with E-state index in [4.69, 9.17) is 10.5 Å². The van der Waals surface area contributed by atoms with Crippen LogP contribution in [0.3, 0.4) is 0 Å². The minimum Gasteiger partial charge on any atom is -0.481 e. The number of ether oxygens (including phenoxy) is 1. The number of carbonyl (C=O) groups excluding carboxylic acids is 1. The van der Waals surface area contributed by atoms with E-state index < -0.39 is 17.4 Å². The van der Waals surface area contributed by atoms with E-state index in [-0.39, 0.29) is 12.5 Å². The lowest BCUT2D eigenvalue weighted by molar-refractivity contribution is -0.138. The summed E-state index contributed by atoms with van der Waals surface area (Å²) in [6.07, 6.45) is 0.921. The summed E-state index contributed by atoms with van der Waals surface area (Å²) in [4.78, 5) is 25.7. The van der Waals surface area contributed by atoms with Crippen LogP contribution >= 0.6 is 0 Å². The van der Waals surface area contributed by atoms with Crippen LogP contribution in [0.1, 0.15) is 24.3 Å². The fourth-order valence-electron chi connectivity index (χ4n) is 3.03. The second-order valence-electron chi connectivity index (χ2n) is 5.63. The van der Waals surface area contributed by atoms with Gasteiger partial charge < -0.3 is 20.5 Å². The van der Waals surface area contributed by atoms with Gasteiger partial charge in [-0.2, -0.15) is 0 Å². The summed E-state index contributed by atoms with van der Waals surface area (Å²) in [7, 11) is 0. The number of hydrogen-bond donors (Lipinski definition) is 2. The van der Waals surface area contributed by atoms with Crippen molar-refractivity contribution >= 4 is 17.6 Å². The average Bonchev–Trinajstić information content (AvgIpc) is 2.87. The zero-order valence-electron chi connectivity index (χ0n) is 11.6. The SMILES string of the molecule is NC1(C(=O)N2CC(C(=O)O)c3ccccc32)CCOCC1. The maximum absolute atomic E-state index is 12.8. The number of benzene rings is 1. The van der Waals surface area contributed by atoms with E-state index in [0.717, 1.165) is 0 Å². The molecule has 1 saturated heterocycles. The fraction of sp³-hybridized carbons (Fsp3) is 0.467. The molecular formula is C15H18N2O4. The summed E-state index contributed by atoms with van der Waals surface area (Å²) < 4.78 is 5.26. The summed E-state index contributed by atoms with van der Waals surface area (Å²) in [5.74, 6) is -1.81. The molecule has 1 fully saturated rings. The van der Waals surface area contributed by atoms with E-state index in [1.54, 1.807) is 24.3 Å². The predicted octanol–water partition coefficient (Wildman–Crippen LogP) is 0.709. The molecule has 0 aromatic heterocycles. The number of amides is 1. The quantitative estimate of drug-likeness (QED) is 0.836. The van der Waals surface area contributed by atoms with Gasteiger partial charge in [0.1, 0.15) is 11.5 Å². The van der Waals surface area contributed by atoms with Crippen molar-refractivity contribution in [2.45, 2.75) is 24.3 Å². The van der Waals surface area contributed by atoms with Crippen molar-refractivity contribution < 1.29 is 19.4 Å². The number of carboxylic acids is 1. The zero-order valence-corrected chi connectivity index (χ0v) is 11.6. The third-order valence-electron chi connectivity index (χ3n) is 4.32. The van der Waals surface area contributed by atoms with Gasteiger partial charge in [-0.15, -0.1) is 0 Å². The van der Waals surface area contributed by atoms with E-state index in [0.29, 0.717) is 37.3 Å². The number of aliphatic carboxylic acids is 1. The number of nitrogens with zero attached hydrogens (tertiary/aromatic N) is 1. The molecule has 0 radical (unpaired) electrons. The Bertz CT molecular complexity index is 581. The molecule has 1 atom stereocenters. The molecule has 1 unspecified atom stereocenters. The van der Waals surface area contributed by atoms with Crippen LogP contribution in [0.5, 0.6) is 0 Å². The van der Waals surface area contributed by atoms with Crippen LogP contribution in [0.15, 0.2) is 24.3 Å². The van der Waals surface area contributed by atoms with Gasteiger partial charge in [-0.1, -0.05) is 18.2 Å². The molecule has 0 saturated carbocycles. The summed E-state index contributed by atoms with van der Waals surface area (Å²) in [5, 5.41) is 9.34. The fourth-order valence-corrected chi connectivity index (χ4v) is 3.03. The molecule has 0 aliphatic carbocycles. The van der Waals surface area contributed by atoms with Gasteiger partial charge in [-0.3, -0.25) is 9.59 Å². The second-order valence-corrected chi connectivity index (χ2v) is 5.63. The lowest BCUT2D eigenvalue weighted by Crippen LogP contribution is -2.58. The average molecular weight is 290 g/mol. The number of anilines is 1. The van der Waals surface area contributed by atoms with Gasteiger partial charge >= 0.3 is 5.97 Å². The molecule has 6 heteroatoms. The van der Waals surface area contributed by atoms with Gasteiger partial charge in [0.2, 0.25) is 5.91 Å². The number of para-hydroxylation sites is 1. The topological polar surface area (TPSA) is 92.9 Å². The molecule has 2 heterocycles. The molecule has 1 aromatic rings. The molecule has 6 nitrogen and oxygen atoms in total. The van der Waals surface area contributed by atoms with Crippen LogP contribution in [0, 0.1) is 0 Å². The maximum Gasteiger partial charge on any atom is 0.312 e. The first-order valence-electron chi connectivity index (χ1n) is 7.03. The Morgan fingerprint density at radius 3 is 2.62 bits per heavy atom. The highest BCUT2D eigenvalue weighted by molar-refractivity contribution is 6.03. The van der Waals surface area contributed by atoms with Crippen LogP contribution < -0.4 is 10.6 Å². The minimum absolute atomic E-state index is 0.146. The van der Waals surface area contributed by atoms with Crippen molar-refractivity contribution in [3.8, 4) is 0 Å². The molecule has 2 aliphatic rings. The predicted molar refractivity (Wildman–Crippen MR) is 76.1 cm³/mol. The molecule has 1 aromatic carbocycles. The van der Waals surface area contributed by atoms with Crippen molar-refractivity contribution in [3.63, 3.8) is 0 Å². The van der Waals surface area contributed by atoms with Crippen LogP contribution in [0.4, 0.5) is 5.69 Å². The standard InChI is InChI=1S/C15H18N2O4/c16-15(5-7-21-8-6-15)14(20)17-9-11(13(18)19)10-3-1-2-4-12(10)17/h1-4,11H,5-9,16H2,(H,18,19). The van der Waals surface area contributed by atoms with Gasteiger partial charge in [0.05, 0.1) is 0 Å². The number of nitrogens with two attached hydrogens (primary N) is 1. The maximum atomic E-state index is 12.8. The first-order chi connectivity index (χ1) is 10.0. The third-order valence-corrected chi connectivity index (χ3v) is 4.32. The zero-order chi connectivity index (χ0) is 15.0. The molecule has 0 spiro atoms. The van der Waals surface area contributed by atoms with Crippen molar-refractivity contribution in [1.29, 1.82) is 0 Å². The molecule has 21 heavy (non-hydrogen) atoms. The van der Waals surface area contributed by atoms with Crippen molar-refractivity contribution in [3.05, 3.63) is 29.8 Å². The first-order valence-corrected chi connectivity index (χ1v) is 7.03. The number of hydrogen-bond acceptors (Lipinski definition) is 4. The second kappa shape index (κ2) is 5.13. The highest BCUT2D eigenvalue weighted by Crippen LogP contribution is 2.38. The Morgan fingerprint density at radius 1 is 1.29 bits per heavy atom. The Balaban J connectivity index is 1.93. The van der Waals surface area contributed by atoms with E-state index in [1.807, 2.05) is 0 Å². The van der Waals surface area contributed by atoms with Gasteiger partial charge in [0.15, 0.2) is 0 Å². The van der Waals surface area contributed by atoms with Crippen LogP contribution in [-0.4, -0.2) is 42.3 Å². The van der Waals surface area contributed by atoms with E-state index in [9.17, 15) is 14.7 Å². The number of fused-ring (bicyclic) bond motifs is 1. The number of carbonyl (C=O) groups is 2. The minimum atomic E-state index is -0.960. The third kappa shape index (κ3) is 2.30. The van der Waals surface area contributed by atoms with Gasteiger partial charge in [0, 0.05) is 25.4 Å². The molecule has 112 valence electrons. The number of rotatable bonds is 2. The normalized spacial score (nSPS) is 23.7. The van der Waals surface area contributed by atoms with Crippen LogP contribution in [0.25, 0.3) is 0 Å². The Labute approximate surface area is 122 Å². The summed E-state index contributed by atoms with van der Waals surface area (Å²) >= 11 is 0. The van der Waals surface area contributed by atoms with E-state index >= 15 is 0 Å². The van der Waals surface area contributed by atoms with Crippen molar-refractivity contribution in [2.24, 2.45) is 5.73 Å². The summed E-state index contributed by atoms with van der Waals surface area (Å²) in [6, 6.07) is 7.12. The molecular weight excluding hydrogens is 272 g/mol. The Morgan fingerprint density at radius 2 is 1.95 bits per heavy atom. The smallest absolute Gasteiger partial charge is 0.312 e.